The maximum Gasteiger partial charge on any atom is 0.193 e. The molecule has 1 atom stereocenters. The highest BCUT2D eigenvalue weighted by molar-refractivity contribution is 14.0. The predicted molar refractivity (Wildman–Crippen MR) is 132 cm³/mol. The lowest BCUT2D eigenvalue weighted by molar-refractivity contribution is -0.0721. The number of piperidine rings is 2. The van der Waals surface area contributed by atoms with Crippen LogP contribution in [0.15, 0.2) is 4.99 Å². The van der Waals surface area contributed by atoms with Crippen LogP contribution < -0.4 is 5.32 Å². The van der Waals surface area contributed by atoms with Gasteiger partial charge in [-0.3, -0.25) is 4.99 Å². The van der Waals surface area contributed by atoms with E-state index < -0.39 is 0 Å². The van der Waals surface area contributed by atoms with Gasteiger partial charge in [-0.15, -0.1) is 24.0 Å². The number of nitrogens with one attached hydrogen (secondary N) is 1. The van der Waals surface area contributed by atoms with Gasteiger partial charge in [0.15, 0.2) is 5.96 Å². The van der Waals surface area contributed by atoms with Gasteiger partial charge in [-0.05, 0) is 64.8 Å². The number of rotatable bonds is 8. The highest BCUT2D eigenvalue weighted by atomic mass is 127. The van der Waals surface area contributed by atoms with Crippen LogP contribution in [0.2, 0.25) is 0 Å². The smallest absolute Gasteiger partial charge is 0.193 e. The third-order valence-electron chi connectivity index (χ3n) is 6.32. The molecule has 30 heavy (non-hydrogen) atoms. The van der Waals surface area contributed by atoms with E-state index in [1.807, 2.05) is 0 Å². The van der Waals surface area contributed by atoms with Crippen molar-refractivity contribution in [1.82, 2.24) is 15.1 Å². The molecule has 0 aromatic rings. The number of likely N-dealkylation sites (tertiary alicyclic amines) is 2. The molecule has 2 N–H and O–H groups in total. The third-order valence-corrected chi connectivity index (χ3v) is 6.32. The molecule has 8 heteroatoms. The van der Waals surface area contributed by atoms with Crippen molar-refractivity contribution in [2.45, 2.75) is 76.6 Å². The molecule has 0 bridgehead atoms. The van der Waals surface area contributed by atoms with Gasteiger partial charge < -0.3 is 29.7 Å². The zero-order valence-electron chi connectivity index (χ0n) is 18.8. The Hall–Kier alpha value is -0.160. The first-order chi connectivity index (χ1) is 14.2. The summed E-state index contributed by atoms with van der Waals surface area (Å²) in [5, 5.41) is 13.1. The fourth-order valence-corrected chi connectivity index (χ4v) is 4.46. The molecule has 7 nitrogen and oxygen atoms in total. The maximum absolute atomic E-state index is 9.62. The van der Waals surface area contributed by atoms with Crippen molar-refractivity contribution in [1.29, 1.82) is 0 Å². The van der Waals surface area contributed by atoms with E-state index >= 15 is 0 Å². The summed E-state index contributed by atoms with van der Waals surface area (Å²) in [5.74, 6) is 1.05. The van der Waals surface area contributed by atoms with Gasteiger partial charge in [0.2, 0.25) is 0 Å². The van der Waals surface area contributed by atoms with Crippen molar-refractivity contribution in [2.24, 2.45) is 4.99 Å². The van der Waals surface area contributed by atoms with E-state index in [9.17, 15) is 5.11 Å². The normalized spacial score (nSPS) is 25.2. The first-order valence-electron chi connectivity index (χ1n) is 11.9. The highest BCUT2D eigenvalue weighted by Crippen LogP contribution is 2.18. The lowest BCUT2D eigenvalue weighted by atomic mass is 10.1. The van der Waals surface area contributed by atoms with E-state index in [0.717, 1.165) is 104 Å². The quantitative estimate of drug-likeness (QED) is 0.214. The van der Waals surface area contributed by atoms with Crippen molar-refractivity contribution in [2.75, 3.05) is 59.0 Å². The van der Waals surface area contributed by atoms with E-state index in [1.54, 1.807) is 0 Å². The molecule has 0 aliphatic carbocycles. The summed E-state index contributed by atoms with van der Waals surface area (Å²) in [6, 6.07) is 0. The van der Waals surface area contributed by atoms with E-state index in [1.165, 1.54) is 12.8 Å². The molecule has 3 heterocycles. The van der Waals surface area contributed by atoms with Gasteiger partial charge in [0.05, 0.1) is 24.9 Å². The van der Waals surface area contributed by atoms with Crippen LogP contribution in [0.1, 0.15) is 58.3 Å². The van der Waals surface area contributed by atoms with Gasteiger partial charge in [0.25, 0.3) is 0 Å². The van der Waals surface area contributed by atoms with Gasteiger partial charge in [0, 0.05) is 45.9 Å². The molecule has 1 unspecified atom stereocenters. The lowest BCUT2D eigenvalue weighted by Gasteiger charge is -2.35. The molecule has 3 saturated heterocycles. The van der Waals surface area contributed by atoms with E-state index in [-0.39, 0.29) is 30.1 Å². The van der Waals surface area contributed by atoms with Crippen LogP contribution in [0.4, 0.5) is 0 Å². The molecule has 0 radical (unpaired) electrons. The second kappa shape index (κ2) is 14.8. The molecule has 3 aliphatic rings. The lowest BCUT2D eigenvalue weighted by Crippen LogP contribution is -2.47. The molecule has 0 aromatic carbocycles. The molecule has 3 rings (SSSR count). The number of halogens is 1. The molecule has 0 amide bonds. The minimum Gasteiger partial charge on any atom is -0.393 e. The zero-order chi connectivity index (χ0) is 20.3. The Morgan fingerprint density at radius 2 is 1.87 bits per heavy atom. The van der Waals surface area contributed by atoms with Crippen LogP contribution in [0.3, 0.4) is 0 Å². The van der Waals surface area contributed by atoms with Crippen LogP contribution in [0.25, 0.3) is 0 Å². The molecule has 0 saturated carbocycles. The summed E-state index contributed by atoms with van der Waals surface area (Å²) in [4.78, 5) is 9.71. The number of ether oxygens (including phenoxy) is 2. The molecule has 0 aromatic heterocycles. The summed E-state index contributed by atoms with van der Waals surface area (Å²) in [7, 11) is 0. The van der Waals surface area contributed by atoms with Crippen molar-refractivity contribution < 1.29 is 14.6 Å². The SMILES string of the molecule is CCNC(=NCCCN1CCC(O)CC1)N1CCC(OCC2CCCCO2)CC1.I. The number of nitrogens with zero attached hydrogens (tertiary/aromatic N) is 3. The van der Waals surface area contributed by atoms with E-state index in [2.05, 4.69) is 22.0 Å². The van der Waals surface area contributed by atoms with E-state index in [0.29, 0.717) is 12.2 Å². The van der Waals surface area contributed by atoms with Crippen LogP contribution in [0, 0.1) is 0 Å². The summed E-state index contributed by atoms with van der Waals surface area (Å²) >= 11 is 0. The number of hydrogen-bond acceptors (Lipinski definition) is 5. The minimum absolute atomic E-state index is 0. The Kier molecular flexibility index (Phi) is 12.9. The average molecular weight is 539 g/mol. The average Bonchev–Trinajstić information content (AvgIpc) is 2.77. The number of guanidine groups is 1. The van der Waals surface area contributed by atoms with Gasteiger partial charge in [-0.1, -0.05) is 0 Å². The fraction of sp³-hybridized carbons (Fsp3) is 0.955. The van der Waals surface area contributed by atoms with Crippen molar-refractivity contribution in [3.63, 3.8) is 0 Å². The molecular weight excluding hydrogens is 495 g/mol. The first kappa shape index (κ1) is 26.1. The molecule has 176 valence electrons. The fourth-order valence-electron chi connectivity index (χ4n) is 4.46. The third kappa shape index (κ3) is 9.14. The van der Waals surface area contributed by atoms with Crippen molar-refractivity contribution in [3.05, 3.63) is 0 Å². The van der Waals surface area contributed by atoms with Crippen molar-refractivity contribution in [3.8, 4) is 0 Å². The topological polar surface area (TPSA) is 69.6 Å². The highest BCUT2D eigenvalue weighted by Gasteiger charge is 2.24. The first-order valence-corrected chi connectivity index (χ1v) is 11.9. The Morgan fingerprint density at radius 1 is 1.10 bits per heavy atom. The van der Waals surface area contributed by atoms with E-state index in [4.69, 9.17) is 14.5 Å². The van der Waals surface area contributed by atoms with Crippen LogP contribution >= 0.6 is 24.0 Å². The summed E-state index contributed by atoms with van der Waals surface area (Å²) in [6.45, 7) is 10.7. The molecule has 3 aliphatic heterocycles. The number of aliphatic hydroxyl groups is 1. The Labute approximate surface area is 200 Å². The van der Waals surface area contributed by atoms with Crippen molar-refractivity contribution >= 4 is 29.9 Å². The summed E-state index contributed by atoms with van der Waals surface area (Å²) in [5.41, 5.74) is 0. The van der Waals surface area contributed by atoms with Crippen LogP contribution in [-0.4, -0.2) is 98.2 Å². The largest absolute Gasteiger partial charge is 0.393 e. The molecular formula is C22H43IN4O3. The van der Waals surface area contributed by atoms with Crippen LogP contribution in [-0.2, 0) is 9.47 Å². The number of aliphatic hydroxyl groups excluding tert-OH is 1. The molecule has 0 spiro atoms. The Morgan fingerprint density at radius 3 is 2.53 bits per heavy atom. The molecule has 3 fully saturated rings. The van der Waals surface area contributed by atoms with Crippen LogP contribution in [0.5, 0.6) is 0 Å². The summed E-state index contributed by atoms with van der Waals surface area (Å²) in [6.07, 6.45) is 9.22. The monoisotopic (exact) mass is 538 g/mol. The standard InChI is InChI=1S/C22H42N4O3.HI/c1-2-23-22(24-11-5-12-25-13-7-19(27)8-14-25)26-15-9-20(10-16-26)29-18-21-6-3-4-17-28-21;/h19-21,27H,2-18H2,1H3,(H,23,24);1H. The van der Waals surface area contributed by atoms with Gasteiger partial charge in [-0.25, -0.2) is 0 Å². The maximum atomic E-state index is 9.62. The Bertz CT molecular complexity index is 475. The summed E-state index contributed by atoms with van der Waals surface area (Å²) < 4.78 is 11.9. The number of hydrogen-bond donors (Lipinski definition) is 2. The predicted octanol–water partition coefficient (Wildman–Crippen LogP) is 2.47. The number of aliphatic imine (C=N–C) groups is 1. The zero-order valence-corrected chi connectivity index (χ0v) is 21.1. The van der Waals surface area contributed by atoms with Gasteiger partial charge >= 0.3 is 0 Å². The minimum atomic E-state index is -0.0910. The van der Waals surface area contributed by atoms with Gasteiger partial charge in [0.1, 0.15) is 0 Å². The Balaban J connectivity index is 0.00000320. The van der Waals surface area contributed by atoms with Gasteiger partial charge in [-0.2, -0.15) is 0 Å². The second-order valence-electron chi connectivity index (χ2n) is 8.67. The second-order valence-corrected chi connectivity index (χ2v) is 8.67.